The first-order valence-electron chi connectivity index (χ1n) is 21.9. The minimum Gasteiger partial charge on any atom is -0.456 e. The highest BCUT2D eigenvalue weighted by Gasteiger charge is 2.19. The molecule has 0 radical (unpaired) electrons. The molecular formula is C61H40N2O2. The lowest BCUT2D eigenvalue weighted by molar-refractivity contribution is 0.620. The van der Waals surface area contributed by atoms with Gasteiger partial charge >= 0.3 is 0 Å². The number of hydrogen-bond acceptors (Lipinski definition) is 4. The van der Waals surface area contributed by atoms with E-state index in [9.17, 15) is 0 Å². The summed E-state index contributed by atoms with van der Waals surface area (Å²) in [5.41, 5.74) is 18.9. The van der Waals surface area contributed by atoms with Crippen LogP contribution >= 0.6 is 0 Å². The molecule has 0 saturated carbocycles. The van der Waals surface area contributed by atoms with E-state index in [4.69, 9.17) is 13.8 Å². The maximum atomic E-state index is 6.47. The van der Waals surface area contributed by atoms with Crippen LogP contribution in [0.2, 0.25) is 0 Å². The molecule has 0 saturated heterocycles. The van der Waals surface area contributed by atoms with Crippen molar-refractivity contribution in [1.82, 2.24) is 4.98 Å². The second-order valence-corrected chi connectivity index (χ2v) is 16.3. The van der Waals surface area contributed by atoms with Crippen molar-refractivity contribution in [3.63, 3.8) is 0 Å². The first-order chi connectivity index (χ1) is 32.2. The molecule has 65 heavy (non-hydrogen) atoms. The summed E-state index contributed by atoms with van der Waals surface area (Å²) in [5.74, 6) is 0.594. The lowest BCUT2D eigenvalue weighted by Crippen LogP contribution is -2.10. The van der Waals surface area contributed by atoms with Crippen molar-refractivity contribution < 1.29 is 8.83 Å². The summed E-state index contributed by atoms with van der Waals surface area (Å²) in [4.78, 5) is 7.14. The minimum absolute atomic E-state index is 0.594. The summed E-state index contributed by atoms with van der Waals surface area (Å²) < 4.78 is 12.8. The van der Waals surface area contributed by atoms with Crippen molar-refractivity contribution >= 4 is 50.1 Å². The first kappa shape index (κ1) is 38.0. The number of fused-ring (bicyclic) bond motifs is 4. The van der Waals surface area contributed by atoms with E-state index in [1.54, 1.807) is 0 Å². The van der Waals surface area contributed by atoms with Gasteiger partial charge in [-0.1, -0.05) is 176 Å². The topological polar surface area (TPSA) is 42.4 Å². The Labute approximate surface area is 377 Å². The molecule has 0 aliphatic heterocycles. The van der Waals surface area contributed by atoms with Gasteiger partial charge in [0.25, 0.3) is 0 Å². The van der Waals surface area contributed by atoms with E-state index in [0.717, 1.165) is 83.5 Å². The monoisotopic (exact) mass is 832 g/mol. The average molecular weight is 833 g/mol. The number of benzene rings is 10. The summed E-state index contributed by atoms with van der Waals surface area (Å²) in [7, 11) is 0. The highest BCUT2D eigenvalue weighted by atomic mass is 16.4. The highest BCUT2D eigenvalue weighted by Crippen LogP contribution is 2.42. The van der Waals surface area contributed by atoms with Gasteiger partial charge in [0.05, 0.1) is 0 Å². The molecule has 10 aromatic carbocycles. The molecule has 0 N–H and O–H groups in total. The number of rotatable bonds is 9. The van der Waals surface area contributed by atoms with E-state index in [1.807, 2.05) is 42.5 Å². The Bertz CT molecular complexity index is 3600. The Balaban J connectivity index is 0.915. The summed E-state index contributed by atoms with van der Waals surface area (Å²) in [6.45, 7) is 0. The van der Waals surface area contributed by atoms with Crippen molar-refractivity contribution in [1.29, 1.82) is 0 Å². The van der Waals surface area contributed by atoms with E-state index >= 15 is 0 Å². The molecule has 12 rings (SSSR count). The number of anilines is 3. The van der Waals surface area contributed by atoms with Crippen LogP contribution in [0.15, 0.2) is 251 Å². The highest BCUT2D eigenvalue weighted by molar-refractivity contribution is 6.15. The number of hydrogen-bond donors (Lipinski definition) is 0. The van der Waals surface area contributed by atoms with Gasteiger partial charge in [-0.2, -0.15) is 0 Å². The molecule has 12 aromatic rings. The summed E-state index contributed by atoms with van der Waals surface area (Å²) >= 11 is 0. The van der Waals surface area contributed by atoms with E-state index < -0.39 is 0 Å². The van der Waals surface area contributed by atoms with Crippen LogP contribution in [0.5, 0.6) is 0 Å². The number of aromatic nitrogens is 1. The van der Waals surface area contributed by atoms with Crippen molar-refractivity contribution in [2.24, 2.45) is 0 Å². The molecular weight excluding hydrogens is 793 g/mol. The van der Waals surface area contributed by atoms with E-state index in [0.29, 0.717) is 5.89 Å². The van der Waals surface area contributed by atoms with Crippen LogP contribution in [-0.2, 0) is 0 Å². The fourth-order valence-corrected chi connectivity index (χ4v) is 9.03. The summed E-state index contributed by atoms with van der Waals surface area (Å²) in [5, 5.41) is 2.04. The maximum Gasteiger partial charge on any atom is 0.227 e. The lowest BCUT2D eigenvalue weighted by Gasteiger charge is -2.26. The Morgan fingerprint density at radius 1 is 0.292 bits per heavy atom. The smallest absolute Gasteiger partial charge is 0.227 e. The molecule has 4 heteroatoms. The molecule has 0 atom stereocenters. The Morgan fingerprint density at radius 2 is 0.754 bits per heavy atom. The van der Waals surface area contributed by atoms with Crippen LogP contribution in [0.1, 0.15) is 0 Å². The van der Waals surface area contributed by atoms with Crippen molar-refractivity contribution in [2.75, 3.05) is 4.90 Å². The number of oxazole rings is 1. The van der Waals surface area contributed by atoms with E-state index in [-0.39, 0.29) is 0 Å². The molecule has 0 unspecified atom stereocenters. The fraction of sp³-hybridized carbons (Fsp3) is 0. The van der Waals surface area contributed by atoms with Gasteiger partial charge in [0.15, 0.2) is 5.58 Å². The predicted molar refractivity (Wildman–Crippen MR) is 269 cm³/mol. The van der Waals surface area contributed by atoms with Crippen LogP contribution in [0.4, 0.5) is 17.1 Å². The lowest BCUT2D eigenvalue weighted by atomic mass is 9.98. The molecule has 306 valence electrons. The normalized spacial score (nSPS) is 11.4. The van der Waals surface area contributed by atoms with Gasteiger partial charge in [0.2, 0.25) is 5.89 Å². The standard InChI is InChI=1S/C61H40N2O2/c1-4-12-41(13-5-1)43-22-24-45(25-23-43)46-30-34-51(35-31-46)63(53-19-10-18-50(38-53)47-28-26-44(27-29-47)42-14-6-2-7-15-42)52-36-32-48(33-37-52)54-20-11-21-57-60(54)55-39-59-56(40-58(55)64-57)62-61(65-59)49-16-8-3-9-17-49/h1-40H. The number of nitrogens with zero attached hydrogens (tertiary/aromatic N) is 2. The molecule has 0 fully saturated rings. The van der Waals surface area contributed by atoms with Gasteiger partial charge in [0, 0.05) is 39.5 Å². The van der Waals surface area contributed by atoms with Crippen LogP contribution < -0.4 is 4.90 Å². The van der Waals surface area contributed by atoms with Crippen LogP contribution in [-0.4, -0.2) is 4.98 Å². The molecule has 0 aliphatic carbocycles. The largest absolute Gasteiger partial charge is 0.456 e. The molecule has 0 bridgehead atoms. The van der Waals surface area contributed by atoms with Gasteiger partial charge in [-0.25, -0.2) is 4.98 Å². The van der Waals surface area contributed by atoms with Crippen molar-refractivity contribution in [3.8, 4) is 67.1 Å². The zero-order valence-corrected chi connectivity index (χ0v) is 35.3. The Kier molecular flexibility index (Phi) is 9.46. The molecule has 2 heterocycles. The third kappa shape index (κ3) is 7.23. The van der Waals surface area contributed by atoms with Gasteiger partial charge < -0.3 is 13.7 Å². The third-order valence-corrected chi connectivity index (χ3v) is 12.3. The molecule has 0 aliphatic rings. The Morgan fingerprint density at radius 3 is 1.32 bits per heavy atom. The van der Waals surface area contributed by atoms with E-state index in [2.05, 4.69) is 205 Å². The zero-order valence-electron chi connectivity index (χ0n) is 35.3. The molecule has 0 spiro atoms. The first-order valence-corrected chi connectivity index (χ1v) is 21.9. The van der Waals surface area contributed by atoms with Crippen LogP contribution in [0, 0.1) is 0 Å². The summed E-state index contributed by atoms with van der Waals surface area (Å²) in [6.07, 6.45) is 0. The molecule has 4 nitrogen and oxygen atoms in total. The summed E-state index contributed by atoms with van der Waals surface area (Å²) in [6, 6.07) is 85.6. The van der Waals surface area contributed by atoms with Crippen LogP contribution in [0.25, 0.3) is 100 Å². The number of furan rings is 1. The van der Waals surface area contributed by atoms with E-state index in [1.165, 1.54) is 27.8 Å². The second kappa shape index (κ2) is 16.2. The van der Waals surface area contributed by atoms with Crippen molar-refractivity contribution in [3.05, 3.63) is 243 Å². The predicted octanol–water partition coefficient (Wildman–Crippen LogP) is 17.2. The SMILES string of the molecule is c1ccc(-c2ccc(-c3ccc(N(c4ccc(-c5cccc6oc7cc8nc(-c9ccccc9)oc8cc7c56)cc4)c4cccc(-c5ccc(-c6ccccc6)cc5)c4)cc3)cc2)cc1. The minimum atomic E-state index is 0.594. The van der Waals surface area contributed by atoms with Gasteiger partial charge in [0.1, 0.15) is 16.7 Å². The zero-order chi connectivity index (χ0) is 43.1. The van der Waals surface area contributed by atoms with Gasteiger partial charge in [-0.3, -0.25) is 0 Å². The Hall–Kier alpha value is -8.73. The third-order valence-electron chi connectivity index (χ3n) is 12.3. The fourth-order valence-electron chi connectivity index (χ4n) is 9.03. The second-order valence-electron chi connectivity index (χ2n) is 16.3. The van der Waals surface area contributed by atoms with Gasteiger partial charge in [-0.15, -0.1) is 0 Å². The average Bonchev–Trinajstić information content (AvgIpc) is 3.98. The molecule has 2 aromatic heterocycles. The van der Waals surface area contributed by atoms with Crippen molar-refractivity contribution in [2.45, 2.75) is 0 Å². The maximum absolute atomic E-state index is 6.47. The van der Waals surface area contributed by atoms with Crippen LogP contribution in [0.3, 0.4) is 0 Å². The van der Waals surface area contributed by atoms with Gasteiger partial charge in [-0.05, 0) is 116 Å². The molecule has 0 amide bonds. The quantitative estimate of drug-likeness (QED) is 0.145.